The van der Waals surface area contributed by atoms with Crippen molar-refractivity contribution in [2.45, 2.75) is 50.6 Å². The van der Waals surface area contributed by atoms with Crippen LogP contribution in [0.4, 0.5) is 4.39 Å². The molecule has 4 heteroatoms. The van der Waals surface area contributed by atoms with E-state index in [-0.39, 0.29) is 12.4 Å². The molecule has 0 aliphatic heterocycles. The van der Waals surface area contributed by atoms with Gasteiger partial charge >= 0.3 is 0 Å². The molecule has 0 heterocycles. The van der Waals surface area contributed by atoms with Crippen LogP contribution in [-0.4, -0.2) is 17.8 Å². The van der Waals surface area contributed by atoms with Gasteiger partial charge in [0.2, 0.25) is 0 Å². The van der Waals surface area contributed by atoms with Crippen LogP contribution in [-0.2, 0) is 5.54 Å². The fraction of sp³-hybridized carbons (Fsp3) is 0.600. The molecule has 0 amide bonds. The first kappa shape index (κ1) is 14.9. The Hall–Kier alpha value is -0.450. The normalized spacial score (nSPS) is 20.2. The Kier molecular flexibility index (Phi) is 4.98. The number of hydrogen-bond donors (Lipinski definition) is 2. The van der Waals surface area contributed by atoms with Crippen molar-refractivity contribution >= 4 is 15.9 Å². The van der Waals surface area contributed by atoms with Crippen LogP contribution in [0.1, 0.15) is 44.6 Å². The second kappa shape index (κ2) is 6.33. The van der Waals surface area contributed by atoms with Gasteiger partial charge in [-0.15, -0.1) is 0 Å². The van der Waals surface area contributed by atoms with Crippen LogP contribution >= 0.6 is 15.9 Å². The van der Waals surface area contributed by atoms with E-state index in [1.807, 2.05) is 6.92 Å². The number of hydrogen-bond acceptors (Lipinski definition) is 2. The summed E-state index contributed by atoms with van der Waals surface area (Å²) in [5.74, 6) is -0.276. The molecule has 2 rings (SSSR count). The Morgan fingerprint density at radius 2 is 2.05 bits per heavy atom. The van der Waals surface area contributed by atoms with E-state index in [2.05, 4.69) is 21.2 Å². The summed E-state index contributed by atoms with van der Waals surface area (Å²) >= 11 is 3.21. The highest BCUT2D eigenvalue weighted by Crippen LogP contribution is 2.28. The molecule has 1 fully saturated rings. The summed E-state index contributed by atoms with van der Waals surface area (Å²) in [6.45, 7) is 1.98. The molecule has 2 N–H and O–H groups in total. The first-order chi connectivity index (χ1) is 9.05. The predicted molar refractivity (Wildman–Crippen MR) is 78.5 cm³/mol. The number of rotatable bonds is 4. The molecule has 0 saturated heterocycles. The van der Waals surface area contributed by atoms with Gasteiger partial charge in [0.25, 0.3) is 0 Å². The molecule has 1 saturated carbocycles. The third-order valence-electron chi connectivity index (χ3n) is 4.00. The summed E-state index contributed by atoms with van der Waals surface area (Å²) in [7, 11) is 0. The summed E-state index contributed by atoms with van der Waals surface area (Å²) in [5.41, 5.74) is 0.395. The van der Waals surface area contributed by atoms with E-state index in [1.54, 1.807) is 12.1 Å². The maximum absolute atomic E-state index is 13.3. The fourth-order valence-electron chi connectivity index (χ4n) is 2.76. The van der Waals surface area contributed by atoms with Gasteiger partial charge in [-0.2, -0.15) is 0 Å². The second-order valence-corrected chi connectivity index (χ2v) is 6.45. The fourth-order valence-corrected chi connectivity index (χ4v) is 3.14. The van der Waals surface area contributed by atoms with E-state index >= 15 is 0 Å². The lowest BCUT2D eigenvalue weighted by atomic mass is 9.88. The Morgan fingerprint density at radius 1 is 1.37 bits per heavy atom. The molecular formula is C15H21BrFNO. The SMILES string of the molecule is CC(CO)(NC1CCCCC1)c1ccc(F)c(Br)c1. The maximum atomic E-state index is 13.3. The Balaban J connectivity index is 2.17. The summed E-state index contributed by atoms with van der Waals surface area (Å²) in [5, 5.41) is 13.3. The van der Waals surface area contributed by atoms with Gasteiger partial charge in [0, 0.05) is 6.04 Å². The topological polar surface area (TPSA) is 32.3 Å². The molecule has 1 aliphatic rings. The number of benzene rings is 1. The van der Waals surface area contributed by atoms with Crippen molar-refractivity contribution in [3.63, 3.8) is 0 Å². The molecule has 1 aromatic rings. The Bertz CT molecular complexity index is 434. The third-order valence-corrected chi connectivity index (χ3v) is 4.61. The van der Waals surface area contributed by atoms with Crippen LogP contribution in [0.25, 0.3) is 0 Å². The lowest BCUT2D eigenvalue weighted by molar-refractivity contribution is 0.150. The highest BCUT2D eigenvalue weighted by Gasteiger charge is 2.29. The molecule has 0 radical (unpaired) electrons. The van der Waals surface area contributed by atoms with Crippen LogP contribution in [0.2, 0.25) is 0 Å². The van der Waals surface area contributed by atoms with E-state index in [0.29, 0.717) is 10.5 Å². The van der Waals surface area contributed by atoms with Crippen LogP contribution in [0.5, 0.6) is 0 Å². The third kappa shape index (κ3) is 3.56. The first-order valence-corrected chi connectivity index (χ1v) is 7.68. The molecule has 1 aliphatic carbocycles. The molecule has 19 heavy (non-hydrogen) atoms. The van der Waals surface area contributed by atoms with Crippen LogP contribution < -0.4 is 5.32 Å². The van der Waals surface area contributed by atoms with Gasteiger partial charge in [-0.25, -0.2) is 4.39 Å². The minimum Gasteiger partial charge on any atom is -0.394 e. The average Bonchev–Trinajstić information content (AvgIpc) is 2.43. The highest BCUT2D eigenvalue weighted by molar-refractivity contribution is 9.10. The lowest BCUT2D eigenvalue weighted by Gasteiger charge is -2.36. The molecule has 0 spiro atoms. The molecule has 1 unspecified atom stereocenters. The van der Waals surface area contributed by atoms with Gasteiger partial charge in [-0.05, 0) is 53.4 Å². The Labute approximate surface area is 122 Å². The van der Waals surface area contributed by atoms with Gasteiger partial charge in [-0.3, -0.25) is 0 Å². The van der Waals surface area contributed by atoms with Crippen molar-refractivity contribution in [1.82, 2.24) is 5.32 Å². The summed E-state index contributed by atoms with van der Waals surface area (Å²) in [4.78, 5) is 0. The number of aliphatic hydroxyl groups is 1. The minimum atomic E-state index is -0.516. The van der Waals surface area contributed by atoms with E-state index in [9.17, 15) is 9.50 Å². The maximum Gasteiger partial charge on any atom is 0.137 e. The van der Waals surface area contributed by atoms with Crippen LogP contribution in [0, 0.1) is 5.82 Å². The van der Waals surface area contributed by atoms with Gasteiger partial charge in [0.1, 0.15) is 5.82 Å². The summed E-state index contributed by atoms with van der Waals surface area (Å²) in [6, 6.07) is 5.37. The van der Waals surface area contributed by atoms with Crippen molar-refractivity contribution in [1.29, 1.82) is 0 Å². The smallest absolute Gasteiger partial charge is 0.137 e. The molecule has 2 nitrogen and oxygen atoms in total. The summed E-state index contributed by atoms with van der Waals surface area (Å²) < 4.78 is 13.8. The van der Waals surface area contributed by atoms with Crippen molar-refractivity contribution in [2.75, 3.05) is 6.61 Å². The first-order valence-electron chi connectivity index (χ1n) is 6.89. The molecule has 106 valence electrons. The van der Waals surface area contributed by atoms with Crippen molar-refractivity contribution in [3.05, 3.63) is 34.1 Å². The van der Waals surface area contributed by atoms with Crippen LogP contribution in [0.3, 0.4) is 0 Å². The van der Waals surface area contributed by atoms with Crippen LogP contribution in [0.15, 0.2) is 22.7 Å². The number of nitrogens with one attached hydrogen (secondary N) is 1. The van der Waals surface area contributed by atoms with Gasteiger partial charge in [0.15, 0.2) is 0 Å². The number of halogens is 2. The molecule has 0 aromatic heterocycles. The standard InChI is InChI=1S/C15H21BrFNO/c1-15(10-19,18-12-5-3-2-4-6-12)11-7-8-14(17)13(16)9-11/h7-9,12,18-19H,2-6,10H2,1H3. The van der Waals surface area contributed by atoms with E-state index in [4.69, 9.17) is 0 Å². The van der Waals surface area contributed by atoms with Gasteiger partial charge in [-0.1, -0.05) is 25.3 Å². The highest BCUT2D eigenvalue weighted by atomic mass is 79.9. The molecule has 0 bridgehead atoms. The summed E-state index contributed by atoms with van der Waals surface area (Å²) in [6.07, 6.45) is 6.09. The Morgan fingerprint density at radius 3 is 2.63 bits per heavy atom. The predicted octanol–water partition coefficient (Wildman–Crippen LogP) is 3.72. The lowest BCUT2D eigenvalue weighted by Crippen LogP contribution is -2.49. The van der Waals surface area contributed by atoms with Gasteiger partial charge < -0.3 is 10.4 Å². The molecular weight excluding hydrogens is 309 g/mol. The zero-order valence-electron chi connectivity index (χ0n) is 11.3. The van der Waals surface area contributed by atoms with Crippen molar-refractivity contribution in [3.8, 4) is 0 Å². The molecule has 1 atom stereocenters. The quantitative estimate of drug-likeness (QED) is 0.882. The van der Waals surface area contributed by atoms with E-state index < -0.39 is 5.54 Å². The average molecular weight is 330 g/mol. The largest absolute Gasteiger partial charge is 0.394 e. The minimum absolute atomic E-state index is 0.00156. The van der Waals surface area contributed by atoms with E-state index in [0.717, 1.165) is 18.4 Å². The van der Waals surface area contributed by atoms with Crippen molar-refractivity contribution in [2.24, 2.45) is 0 Å². The van der Waals surface area contributed by atoms with Crippen molar-refractivity contribution < 1.29 is 9.50 Å². The second-order valence-electron chi connectivity index (χ2n) is 5.60. The molecule has 1 aromatic carbocycles. The monoisotopic (exact) mass is 329 g/mol. The van der Waals surface area contributed by atoms with Gasteiger partial charge in [0.05, 0.1) is 16.6 Å². The van der Waals surface area contributed by atoms with E-state index in [1.165, 1.54) is 25.3 Å². The number of aliphatic hydroxyl groups excluding tert-OH is 1. The zero-order chi connectivity index (χ0) is 13.9. The zero-order valence-corrected chi connectivity index (χ0v) is 12.8.